The minimum absolute atomic E-state index is 0.0415. The van der Waals surface area contributed by atoms with Crippen LogP contribution in [-0.4, -0.2) is 40.0 Å². The Balaban J connectivity index is 1.44. The molecule has 1 amide bonds. The lowest BCUT2D eigenvalue weighted by Gasteiger charge is -2.27. The SMILES string of the molecule is COC(=O)c1cn(CC(=O)N2CCc3[nH]c4ccc(C)cc4c3C2)c2ccccc12. The number of hydrogen-bond acceptors (Lipinski definition) is 3. The minimum atomic E-state index is -0.394. The van der Waals surface area contributed by atoms with Crippen LogP contribution in [0.3, 0.4) is 0 Å². The lowest BCUT2D eigenvalue weighted by atomic mass is 10.0. The number of ether oxygens (including phenoxy) is 1. The van der Waals surface area contributed by atoms with E-state index in [0.717, 1.165) is 22.8 Å². The quantitative estimate of drug-likeness (QED) is 0.531. The first-order valence-corrected chi connectivity index (χ1v) is 10.1. The van der Waals surface area contributed by atoms with E-state index in [0.29, 0.717) is 18.7 Å². The number of aryl methyl sites for hydroxylation is 1. The molecule has 152 valence electrons. The summed E-state index contributed by atoms with van der Waals surface area (Å²) in [5, 5.41) is 1.99. The molecule has 6 heteroatoms. The number of hydrogen-bond donors (Lipinski definition) is 1. The summed E-state index contributed by atoms with van der Waals surface area (Å²) in [6.07, 6.45) is 2.54. The fourth-order valence-corrected chi connectivity index (χ4v) is 4.44. The minimum Gasteiger partial charge on any atom is -0.465 e. The number of esters is 1. The first-order valence-electron chi connectivity index (χ1n) is 10.1. The van der Waals surface area contributed by atoms with E-state index in [9.17, 15) is 9.59 Å². The van der Waals surface area contributed by atoms with E-state index in [-0.39, 0.29) is 12.5 Å². The summed E-state index contributed by atoms with van der Waals surface area (Å²) < 4.78 is 6.75. The van der Waals surface area contributed by atoms with Gasteiger partial charge >= 0.3 is 5.97 Å². The van der Waals surface area contributed by atoms with Gasteiger partial charge in [0.2, 0.25) is 5.91 Å². The lowest BCUT2D eigenvalue weighted by molar-refractivity contribution is -0.132. The number of H-pyrrole nitrogens is 1. The van der Waals surface area contributed by atoms with Gasteiger partial charge < -0.3 is 19.2 Å². The second kappa shape index (κ2) is 7.06. The Morgan fingerprint density at radius 1 is 1.13 bits per heavy atom. The van der Waals surface area contributed by atoms with Gasteiger partial charge in [0, 0.05) is 58.8 Å². The van der Waals surface area contributed by atoms with Crippen LogP contribution in [0, 0.1) is 6.92 Å². The molecular weight excluding hydrogens is 378 g/mol. The van der Waals surface area contributed by atoms with Crippen LogP contribution < -0.4 is 0 Å². The van der Waals surface area contributed by atoms with E-state index in [1.165, 1.54) is 29.3 Å². The molecular formula is C24H23N3O3. The molecule has 0 unspecified atom stereocenters. The van der Waals surface area contributed by atoms with Gasteiger partial charge in [0.15, 0.2) is 0 Å². The summed E-state index contributed by atoms with van der Waals surface area (Å²) >= 11 is 0. The molecule has 2 aromatic carbocycles. The largest absolute Gasteiger partial charge is 0.465 e. The van der Waals surface area contributed by atoms with Crippen LogP contribution in [0.2, 0.25) is 0 Å². The maximum atomic E-state index is 13.2. The van der Waals surface area contributed by atoms with Crippen LogP contribution in [0.1, 0.15) is 27.2 Å². The Kier molecular flexibility index (Phi) is 4.35. The fourth-order valence-electron chi connectivity index (χ4n) is 4.44. The van der Waals surface area contributed by atoms with Crippen LogP contribution in [0.5, 0.6) is 0 Å². The zero-order valence-electron chi connectivity index (χ0n) is 17.1. The second-order valence-electron chi connectivity index (χ2n) is 7.88. The third-order valence-electron chi connectivity index (χ3n) is 5.98. The van der Waals surface area contributed by atoms with Crippen LogP contribution >= 0.6 is 0 Å². The highest BCUT2D eigenvalue weighted by Crippen LogP contribution is 2.29. The van der Waals surface area contributed by atoms with Gasteiger partial charge in [-0.05, 0) is 25.1 Å². The van der Waals surface area contributed by atoms with Crippen molar-refractivity contribution in [3.8, 4) is 0 Å². The van der Waals surface area contributed by atoms with Crippen molar-refractivity contribution in [3.05, 3.63) is 71.0 Å². The highest BCUT2D eigenvalue weighted by molar-refractivity contribution is 6.04. The average Bonchev–Trinajstić information content (AvgIpc) is 3.31. The van der Waals surface area contributed by atoms with E-state index < -0.39 is 5.97 Å². The highest BCUT2D eigenvalue weighted by atomic mass is 16.5. The van der Waals surface area contributed by atoms with Gasteiger partial charge in [0.25, 0.3) is 0 Å². The molecule has 0 saturated heterocycles. The standard InChI is InChI=1S/C24H23N3O3/c1-15-7-8-20-17(11-15)18-12-26(10-9-21(18)25-20)23(28)14-27-13-19(24(29)30-2)16-5-3-4-6-22(16)27/h3-8,11,13,25H,9-10,12,14H2,1-2H3. The molecule has 0 radical (unpaired) electrons. The summed E-state index contributed by atoms with van der Waals surface area (Å²) in [6, 6.07) is 14.0. The third-order valence-corrected chi connectivity index (χ3v) is 5.98. The average molecular weight is 401 g/mol. The lowest BCUT2D eigenvalue weighted by Crippen LogP contribution is -2.37. The van der Waals surface area contributed by atoms with E-state index >= 15 is 0 Å². The molecule has 30 heavy (non-hydrogen) atoms. The molecule has 6 nitrogen and oxygen atoms in total. The van der Waals surface area contributed by atoms with Gasteiger partial charge in [-0.2, -0.15) is 0 Å². The molecule has 4 aromatic rings. The fraction of sp³-hybridized carbons (Fsp3) is 0.250. The Labute approximate surface area is 174 Å². The number of rotatable bonds is 3. The Morgan fingerprint density at radius 3 is 2.80 bits per heavy atom. The zero-order valence-corrected chi connectivity index (χ0v) is 17.1. The first kappa shape index (κ1) is 18.5. The van der Waals surface area contributed by atoms with E-state index in [4.69, 9.17) is 4.74 Å². The number of fused-ring (bicyclic) bond motifs is 4. The summed E-state index contributed by atoms with van der Waals surface area (Å²) in [4.78, 5) is 30.7. The third kappa shape index (κ3) is 2.96. The Morgan fingerprint density at radius 2 is 1.97 bits per heavy atom. The number of methoxy groups -OCH3 is 1. The monoisotopic (exact) mass is 401 g/mol. The van der Waals surface area contributed by atoms with Crippen molar-refractivity contribution >= 4 is 33.7 Å². The van der Waals surface area contributed by atoms with Crippen molar-refractivity contribution in [1.29, 1.82) is 0 Å². The Bertz CT molecular complexity index is 1300. The number of carbonyl (C=O) groups is 2. The molecule has 1 aliphatic rings. The molecule has 0 bridgehead atoms. The Hall–Kier alpha value is -3.54. The smallest absolute Gasteiger partial charge is 0.340 e. The highest BCUT2D eigenvalue weighted by Gasteiger charge is 2.25. The number of nitrogens with zero attached hydrogens (tertiary/aromatic N) is 2. The summed E-state index contributed by atoms with van der Waals surface area (Å²) in [6.45, 7) is 3.55. The number of aromatic nitrogens is 2. The molecule has 5 rings (SSSR count). The molecule has 0 spiro atoms. The zero-order chi connectivity index (χ0) is 20.8. The van der Waals surface area contributed by atoms with E-state index in [1.54, 1.807) is 6.20 Å². The van der Waals surface area contributed by atoms with Crippen molar-refractivity contribution < 1.29 is 14.3 Å². The number of benzene rings is 2. The van der Waals surface area contributed by atoms with Crippen molar-refractivity contribution in [3.63, 3.8) is 0 Å². The van der Waals surface area contributed by atoms with Gasteiger partial charge in [-0.15, -0.1) is 0 Å². The van der Waals surface area contributed by atoms with Gasteiger partial charge in [-0.25, -0.2) is 4.79 Å². The summed E-state index contributed by atoms with van der Waals surface area (Å²) in [7, 11) is 1.37. The second-order valence-corrected chi connectivity index (χ2v) is 7.88. The molecule has 0 saturated carbocycles. The molecule has 1 aliphatic heterocycles. The van der Waals surface area contributed by atoms with Gasteiger partial charge in [-0.1, -0.05) is 29.8 Å². The first-order chi connectivity index (χ1) is 14.5. The molecule has 0 fully saturated rings. The number of aromatic amines is 1. The predicted octanol–water partition coefficient (Wildman–Crippen LogP) is 3.80. The molecule has 0 aliphatic carbocycles. The number of amides is 1. The molecule has 0 atom stereocenters. The van der Waals surface area contributed by atoms with Crippen LogP contribution in [0.15, 0.2) is 48.7 Å². The van der Waals surface area contributed by atoms with E-state index in [1.807, 2.05) is 33.7 Å². The van der Waals surface area contributed by atoms with Gasteiger partial charge in [0.1, 0.15) is 6.54 Å². The van der Waals surface area contributed by atoms with Crippen molar-refractivity contribution in [2.45, 2.75) is 26.4 Å². The molecule has 2 aromatic heterocycles. The molecule has 1 N–H and O–H groups in total. The van der Waals surface area contributed by atoms with Gasteiger partial charge in [-0.3, -0.25) is 4.79 Å². The van der Waals surface area contributed by atoms with E-state index in [2.05, 4.69) is 30.1 Å². The van der Waals surface area contributed by atoms with Gasteiger partial charge in [0.05, 0.1) is 12.7 Å². The topological polar surface area (TPSA) is 67.3 Å². The maximum Gasteiger partial charge on any atom is 0.340 e. The van der Waals surface area contributed by atoms with Crippen LogP contribution in [0.25, 0.3) is 21.8 Å². The normalized spacial score (nSPS) is 13.6. The van der Waals surface area contributed by atoms with Crippen LogP contribution in [0.4, 0.5) is 0 Å². The van der Waals surface area contributed by atoms with Crippen molar-refractivity contribution in [2.24, 2.45) is 0 Å². The number of nitrogens with one attached hydrogen (secondary N) is 1. The van der Waals surface area contributed by atoms with Crippen molar-refractivity contribution in [1.82, 2.24) is 14.5 Å². The maximum absolute atomic E-state index is 13.2. The number of carbonyl (C=O) groups excluding carboxylic acids is 2. The van der Waals surface area contributed by atoms with Crippen molar-refractivity contribution in [2.75, 3.05) is 13.7 Å². The predicted molar refractivity (Wildman–Crippen MR) is 115 cm³/mol. The summed E-state index contributed by atoms with van der Waals surface area (Å²) in [5.41, 5.74) is 6.10. The number of para-hydroxylation sites is 1. The van der Waals surface area contributed by atoms with Crippen LogP contribution in [-0.2, 0) is 29.0 Å². The summed E-state index contributed by atoms with van der Waals surface area (Å²) in [5.74, 6) is -0.353. The molecule has 3 heterocycles.